The molecule has 0 bridgehead atoms. The van der Waals surface area contributed by atoms with E-state index in [0.29, 0.717) is 22.7 Å². The summed E-state index contributed by atoms with van der Waals surface area (Å²) in [4.78, 5) is 22.1. The van der Waals surface area contributed by atoms with E-state index in [2.05, 4.69) is 15.3 Å². The third-order valence-corrected chi connectivity index (χ3v) is 5.52. The third-order valence-electron chi connectivity index (χ3n) is 4.68. The first-order chi connectivity index (χ1) is 16.1. The van der Waals surface area contributed by atoms with Crippen molar-refractivity contribution < 1.29 is 27.4 Å². The summed E-state index contributed by atoms with van der Waals surface area (Å²) in [7, 11) is 6.68. The number of halogens is 3. The number of anilines is 2. The second kappa shape index (κ2) is 10.6. The molecule has 1 N–H and O–H groups in total. The number of nitrogens with zero attached hydrogens (tertiary/aromatic N) is 3. The summed E-state index contributed by atoms with van der Waals surface area (Å²) in [6.07, 6.45) is -4.68. The minimum atomic E-state index is -4.68. The van der Waals surface area contributed by atoms with Gasteiger partial charge in [0, 0.05) is 31.0 Å². The molecule has 0 spiro atoms. The highest BCUT2D eigenvalue weighted by atomic mass is 32.2. The van der Waals surface area contributed by atoms with Crippen LogP contribution in [-0.4, -0.2) is 49.9 Å². The van der Waals surface area contributed by atoms with Crippen molar-refractivity contribution in [3.05, 3.63) is 54.2 Å². The van der Waals surface area contributed by atoms with Crippen molar-refractivity contribution in [2.75, 3.05) is 44.3 Å². The number of carbonyl (C=O) groups excluding carboxylic acids is 1. The van der Waals surface area contributed by atoms with Crippen LogP contribution < -0.4 is 19.7 Å². The molecule has 34 heavy (non-hydrogen) atoms. The van der Waals surface area contributed by atoms with Crippen molar-refractivity contribution in [2.24, 2.45) is 0 Å². The molecule has 0 aliphatic rings. The number of aromatic nitrogens is 2. The Morgan fingerprint density at radius 2 is 1.68 bits per heavy atom. The maximum atomic E-state index is 13.5. The molecule has 0 saturated carbocycles. The topological polar surface area (TPSA) is 76.6 Å². The predicted molar refractivity (Wildman–Crippen MR) is 126 cm³/mol. The third kappa shape index (κ3) is 6.31. The molecule has 1 amide bonds. The Balaban J connectivity index is 1.80. The van der Waals surface area contributed by atoms with Crippen LogP contribution in [0.5, 0.6) is 11.5 Å². The fourth-order valence-electron chi connectivity index (χ4n) is 2.95. The van der Waals surface area contributed by atoms with Crippen LogP contribution >= 0.6 is 11.8 Å². The first kappa shape index (κ1) is 25.2. The van der Waals surface area contributed by atoms with Crippen LogP contribution in [0.25, 0.3) is 11.3 Å². The highest BCUT2D eigenvalue weighted by Gasteiger charge is 2.34. The van der Waals surface area contributed by atoms with Gasteiger partial charge in [0.1, 0.15) is 5.69 Å². The van der Waals surface area contributed by atoms with Crippen LogP contribution in [0.3, 0.4) is 0 Å². The normalized spacial score (nSPS) is 11.1. The van der Waals surface area contributed by atoms with E-state index >= 15 is 0 Å². The fourth-order valence-corrected chi connectivity index (χ4v) is 3.61. The molecular formula is C23H23F3N4O3S. The number of hydrogen-bond acceptors (Lipinski definition) is 7. The summed E-state index contributed by atoms with van der Waals surface area (Å²) in [5.41, 5.74) is 0.873. The zero-order valence-corrected chi connectivity index (χ0v) is 19.8. The van der Waals surface area contributed by atoms with Gasteiger partial charge in [0.2, 0.25) is 5.91 Å². The molecule has 0 aliphatic carbocycles. The van der Waals surface area contributed by atoms with Crippen molar-refractivity contribution in [3.8, 4) is 22.8 Å². The van der Waals surface area contributed by atoms with E-state index in [0.717, 1.165) is 23.5 Å². The van der Waals surface area contributed by atoms with Gasteiger partial charge in [-0.05, 0) is 48.5 Å². The second-order valence-corrected chi connectivity index (χ2v) is 8.21. The van der Waals surface area contributed by atoms with E-state index in [-0.39, 0.29) is 16.6 Å². The van der Waals surface area contributed by atoms with Gasteiger partial charge in [0.25, 0.3) is 0 Å². The fraction of sp³-hybridized carbons (Fsp3) is 0.261. The lowest BCUT2D eigenvalue weighted by molar-refractivity contribution is -0.141. The standard InChI is InChI=1S/C23H23F3N4O3S/c1-30(2)16-8-6-15(7-9-16)27-21(31)13-34-22-28-17(12-20(29-22)23(24,25)26)14-5-10-18(32-3)19(11-14)33-4/h5-12H,13H2,1-4H3,(H,27,31). The molecule has 0 radical (unpaired) electrons. The van der Waals surface area contributed by atoms with Gasteiger partial charge >= 0.3 is 6.18 Å². The molecule has 2 aromatic carbocycles. The summed E-state index contributed by atoms with van der Waals surface area (Å²) >= 11 is 0.814. The molecule has 0 unspecified atom stereocenters. The van der Waals surface area contributed by atoms with Crippen LogP contribution in [0, 0.1) is 0 Å². The second-order valence-electron chi connectivity index (χ2n) is 7.27. The van der Waals surface area contributed by atoms with Gasteiger partial charge in [-0.3, -0.25) is 4.79 Å². The van der Waals surface area contributed by atoms with Crippen molar-refractivity contribution in [1.82, 2.24) is 9.97 Å². The van der Waals surface area contributed by atoms with Gasteiger partial charge in [-0.15, -0.1) is 0 Å². The molecular weight excluding hydrogens is 469 g/mol. The minimum absolute atomic E-state index is 0.0467. The highest BCUT2D eigenvalue weighted by molar-refractivity contribution is 7.99. The monoisotopic (exact) mass is 492 g/mol. The number of nitrogens with one attached hydrogen (secondary N) is 1. The van der Waals surface area contributed by atoms with Crippen molar-refractivity contribution in [1.29, 1.82) is 0 Å². The molecule has 1 aromatic heterocycles. The summed E-state index contributed by atoms with van der Waals surface area (Å²) in [5.74, 6) is 0.223. The quantitative estimate of drug-likeness (QED) is 0.351. The first-order valence-electron chi connectivity index (χ1n) is 9.99. The van der Waals surface area contributed by atoms with Gasteiger partial charge in [0.05, 0.1) is 25.7 Å². The van der Waals surface area contributed by atoms with E-state index in [1.807, 2.05) is 31.1 Å². The van der Waals surface area contributed by atoms with Gasteiger partial charge in [-0.2, -0.15) is 13.2 Å². The lowest BCUT2D eigenvalue weighted by Gasteiger charge is -2.13. The van der Waals surface area contributed by atoms with Crippen LogP contribution in [0.4, 0.5) is 24.5 Å². The van der Waals surface area contributed by atoms with Gasteiger partial charge in [-0.1, -0.05) is 11.8 Å². The zero-order valence-electron chi connectivity index (χ0n) is 18.9. The van der Waals surface area contributed by atoms with Crippen LogP contribution in [0.2, 0.25) is 0 Å². The predicted octanol–water partition coefficient (Wildman–Crippen LogP) is 4.98. The van der Waals surface area contributed by atoms with E-state index in [1.165, 1.54) is 20.3 Å². The van der Waals surface area contributed by atoms with E-state index in [4.69, 9.17) is 9.47 Å². The molecule has 7 nitrogen and oxygen atoms in total. The number of methoxy groups -OCH3 is 2. The molecule has 3 rings (SSSR count). The summed E-state index contributed by atoms with van der Waals surface area (Å²) in [6.45, 7) is 0. The van der Waals surface area contributed by atoms with Gasteiger partial charge in [0.15, 0.2) is 16.7 Å². The van der Waals surface area contributed by atoms with Crippen LogP contribution in [-0.2, 0) is 11.0 Å². The Hall–Kier alpha value is -3.47. The number of carbonyl (C=O) groups is 1. The molecule has 180 valence electrons. The highest BCUT2D eigenvalue weighted by Crippen LogP contribution is 2.35. The number of thioether (sulfide) groups is 1. The maximum absolute atomic E-state index is 13.5. The molecule has 0 fully saturated rings. The molecule has 0 atom stereocenters. The van der Waals surface area contributed by atoms with E-state index in [1.54, 1.807) is 24.3 Å². The van der Waals surface area contributed by atoms with Crippen LogP contribution in [0.15, 0.2) is 53.7 Å². The zero-order chi connectivity index (χ0) is 24.9. The Labute approximate surface area is 199 Å². The lowest BCUT2D eigenvalue weighted by atomic mass is 10.1. The largest absolute Gasteiger partial charge is 0.493 e. The van der Waals surface area contributed by atoms with Crippen LogP contribution in [0.1, 0.15) is 5.69 Å². The Morgan fingerprint density at radius 1 is 1.00 bits per heavy atom. The van der Waals surface area contributed by atoms with E-state index in [9.17, 15) is 18.0 Å². The van der Waals surface area contributed by atoms with Gasteiger partial charge < -0.3 is 19.7 Å². The maximum Gasteiger partial charge on any atom is 0.433 e. The molecule has 11 heteroatoms. The number of benzene rings is 2. The SMILES string of the molecule is COc1ccc(-c2cc(C(F)(F)F)nc(SCC(=O)Nc3ccc(N(C)C)cc3)n2)cc1OC. The number of amides is 1. The average molecular weight is 493 g/mol. The molecule has 0 saturated heterocycles. The number of alkyl halides is 3. The summed E-state index contributed by atoms with van der Waals surface area (Å²) < 4.78 is 50.8. The summed E-state index contributed by atoms with van der Waals surface area (Å²) in [6, 6.07) is 12.7. The molecule has 1 heterocycles. The summed E-state index contributed by atoms with van der Waals surface area (Å²) in [5, 5.41) is 2.54. The Kier molecular flexibility index (Phi) is 7.87. The Bertz CT molecular complexity index is 1160. The number of rotatable bonds is 8. The van der Waals surface area contributed by atoms with Gasteiger partial charge in [-0.25, -0.2) is 9.97 Å². The first-order valence-corrected chi connectivity index (χ1v) is 11.0. The average Bonchev–Trinajstić information content (AvgIpc) is 2.81. The smallest absolute Gasteiger partial charge is 0.433 e. The van der Waals surface area contributed by atoms with Crippen molar-refractivity contribution in [3.63, 3.8) is 0 Å². The Morgan fingerprint density at radius 3 is 2.26 bits per heavy atom. The van der Waals surface area contributed by atoms with E-state index < -0.39 is 17.8 Å². The lowest BCUT2D eigenvalue weighted by Crippen LogP contribution is -2.15. The number of hydrogen-bond donors (Lipinski definition) is 1. The molecule has 3 aromatic rings. The molecule has 0 aliphatic heterocycles. The minimum Gasteiger partial charge on any atom is -0.493 e. The van der Waals surface area contributed by atoms with Crippen molar-refractivity contribution in [2.45, 2.75) is 11.3 Å². The number of ether oxygens (including phenoxy) is 2. The van der Waals surface area contributed by atoms with Crippen molar-refractivity contribution >= 4 is 29.0 Å².